The van der Waals surface area contributed by atoms with Gasteiger partial charge < -0.3 is 14.2 Å². The van der Waals surface area contributed by atoms with E-state index >= 15 is 4.39 Å². The van der Waals surface area contributed by atoms with Crippen molar-refractivity contribution in [3.05, 3.63) is 59.5 Å². The number of carboxylic acids is 1. The molecule has 1 fully saturated rings. The van der Waals surface area contributed by atoms with Crippen molar-refractivity contribution in [3.8, 4) is 22.3 Å². The van der Waals surface area contributed by atoms with Gasteiger partial charge in [-0.15, -0.1) is 0 Å². The van der Waals surface area contributed by atoms with Gasteiger partial charge in [-0.3, -0.25) is 4.98 Å². The van der Waals surface area contributed by atoms with Crippen molar-refractivity contribution in [1.82, 2.24) is 14.7 Å². The third-order valence-corrected chi connectivity index (χ3v) is 6.75. The molecule has 1 aliphatic carbocycles. The Labute approximate surface area is 195 Å². The Morgan fingerprint density at radius 3 is 2.59 bits per heavy atom. The first-order chi connectivity index (χ1) is 16.3. The summed E-state index contributed by atoms with van der Waals surface area (Å²) in [7, 11) is 0. The average molecular weight is 466 g/mol. The molecule has 1 aromatic carbocycles. The van der Waals surface area contributed by atoms with E-state index in [9.17, 15) is 14.3 Å². The van der Waals surface area contributed by atoms with E-state index < -0.39 is 17.5 Å². The van der Waals surface area contributed by atoms with Crippen LogP contribution in [0.15, 0.2) is 41.2 Å². The molecular formula is C26H25F2N3O3. The lowest BCUT2D eigenvalue weighted by molar-refractivity contribution is 0.0696. The van der Waals surface area contributed by atoms with Crippen LogP contribution in [0.25, 0.3) is 33.3 Å². The van der Waals surface area contributed by atoms with E-state index in [2.05, 4.69) is 10.1 Å². The number of aryl methyl sites for hydroxylation is 2. The molecule has 0 spiro atoms. The fourth-order valence-electron chi connectivity index (χ4n) is 5.04. The second-order valence-corrected chi connectivity index (χ2v) is 9.17. The molecule has 0 bridgehead atoms. The summed E-state index contributed by atoms with van der Waals surface area (Å²) in [5.41, 5.74) is 2.78. The van der Waals surface area contributed by atoms with Crippen molar-refractivity contribution in [2.24, 2.45) is 0 Å². The van der Waals surface area contributed by atoms with Gasteiger partial charge in [-0.25, -0.2) is 13.6 Å². The van der Waals surface area contributed by atoms with Gasteiger partial charge in [-0.1, -0.05) is 30.5 Å². The largest absolute Gasteiger partial charge is 0.478 e. The van der Waals surface area contributed by atoms with Crippen LogP contribution in [0.4, 0.5) is 8.78 Å². The fourth-order valence-corrected chi connectivity index (χ4v) is 5.04. The van der Waals surface area contributed by atoms with Gasteiger partial charge in [-0.05, 0) is 44.9 Å². The van der Waals surface area contributed by atoms with Crippen LogP contribution in [-0.4, -0.2) is 31.5 Å². The molecule has 176 valence electrons. The van der Waals surface area contributed by atoms with Crippen LogP contribution in [0.1, 0.15) is 53.9 Å². The first-order valence-electron chi connectivity index (χ1n) is 11.4. The number of fused-ring (bicyclic) bond motifs is 1. The van der Waals surface area contributed by atoms with E-state index in [1.165, 1.54) is 12.1 Å². The van der Waals surface area contributed by atoms with E-state index in [4.69, 9.17) is 4.52 Å². The Balaban J connectivity index is 1.68. The van der Waals surface area contributed by atoms with Crippen molar-refractivity contribution < 1.29 is 23.2 Å². The second-order valence-electron chi connectivity index (χ2n) is 9.17. The smallest absolute Gasteiger partial charge is 0.335 e. The molecule has 0 aliphatic heterocycles. The molecule has 8 heteroatoms. The summed E-state index contributed by atoms with van der Waals surface area (Å²) < 4.78 is 37.8. The number of hydrogen-bond acceptors (Lipinski definition) is 4. The summed E-state index contributed by atoms with van der Waals surface area (Å²) in [6.07, 6.45) is 7.10. The number of alkyl halides is 1. The first kappa shape index (κ1) is 22.3. The lowest BCUT2D eigenvalue weighted by Gasteiger charge is -2.30. The van der Waals surface area contributed by atoms with Crippen molar-refractivity contribution in [2.45, 2.75) is 58.2 Å². The van der Waals surface area contributed by atoms with E-state index in [0.717, 1.165) is 42.1 Å². The topological polar surface area (TPSA) is 81.2 Å². The minimum atomic E-state index is -1.34. The lowest BCUT2D eigenvalue weighted by atomic mass is 9.86. The number of hydrogen-bond donors (Lipinski definition) is 1. The third-order valence-electron chi connectivity index (χ3n) is 6.75. The number of carbonyl (C=O) groups is 1. The Kier molecular flexibility index (Phi) is 5.46. The number of aromatic nitrogens is 3. The molecule has 5 rings (SSSR count). The molecule has 3 heterocycles. The summed E-state index contributed by atoms with van der Waals surface area (Å²) in [5, 5.41) is 13.2. The number of pyridine rings is 1. The predicted octanol–water partition coefficient (Wildman–Crippen LogP) is 6.48. The monoisotopic (exact) mass is 465 g/mol. The molecule has 0 radical (unpaired) electrons. The highest BCUT2D eigenvalue weighted by molar-refractivity contribution is 5.96. The SMILES string of the molecule is Cc1noc(C)c1-c1cnc2c(-c3ccc(C(=O)O)cc3F)cn(CC3(F)CCCCC3)c2c1. The van der Waals surface area contributed by atoms with Crippen molar-refractivity contribution >= 4 is 17.0 Å². The maximum atomic E-state index is 15.7. The quantitative estimate of drug-likeness (QED) is 0.365. The van der Waals surface area contributed by atoms with Gasteiger partial charge in [0, 0.05) is 34.6 Å². The maximum absolute atomic E-state index is 15.7. The minimum Gasteiger partial charge on any atom is -0.478 e. The molecular weight excluding hydrogens is 440 g/mol. The van der Waals surface area contributed by atoms with Crippen LogP contribution < -0.4 is 0 Å². The normalized spacial score (nSPS) is 15.6. The number of rotatable bonds is 5. The van der Waals surface area contributed by atoms with Gasteiger partial charge in [0.05, 0.1) is 28.8 Å². The maximum Gasteiger partial charge on any atom is 0.335 e. The van der Waals surface area contributed by atoms with Crippen LogP contribution in [-0.2, 0) is 6.54 Å². The van der Waals surface area contributed by atoms with E-state index in [0.29, 0.717) is 35.2 Å². The second kappa shape index (κ2) is 8.34. The zero-order valence-corrected chi connectivity index (χ0v) is 19.1. The van der Waals surface area contributed by atoms with Crippen molar-refractivity contribution in [2.75, 3.05) is 0 Å². The molecule has 1 saturated carbocycles. The highest BCUT2D eigenvalue weighted by atomic mass is 19.1. The zero-order valence-electron chi connectivity index (χ0n) is 19.1. The van der Waals surface area contributed by atoms with Crippen LogP contribution in [0.5, 0.6) is 0 Å². The standard InChI is InChI=1S/C26H25F2N3O3/c1-15-23(16(2)34-30-15)18-11-22-24(29-12-18)20(19-7-6-17(25(32)33)10-21(19)27)13-31(22)14-26(28)8-4-3-5-9-26/h6-7,10-13H,3-5,8-9,14H2,1-2H3,(H,32,33). The molecule has 0 saturated heterocycles. The van der Waals surface area contributed by atoms with Gasteiger partial charge in [0.1, 0.15) is 17.2 Å². The number of aromatic carboxylic acids is 1. The Hall–Kier alpha value is -3.55. The molecule has 0 atom stereocenters. The van der Waals surface area contributed by atoms with Gasteiger partial charge in [0.2, 0.25) is 0 Å². The highest BCUT2D eigenvalue weighted by Crippen LogP contribution is 2.38. The highest BCUT2D eigenvalue weighted by Gasteiger charge is 2.33. The first-order valence-corrected chi connectivity index (χ1v) is 11.4. The van der Waals surface area contributed by atoms with Crippen molar-refractivity contribution in [3.63, 3.8) is 0 Å². The minimum absolute atomic E-state index is 0.136. The number of halogens is 2. The molecule has 1 aliphatic rings. The van der Waals surface area contributed by atoms with Crippen LogP contribution in [0.2, 0.25) is 0 Å². The van der Waals surface area contributed by atoms with E-state index in [-0.39, 0.29) is 17.7 Å². The summed E-state index contributed by atoms with van der Waals surface area (Å²) in [5.74, 6) is -1.21. The number of carboxylic acid groups (broad SMARTS) is 1. The Morgan fingerprint density at radius 2 is 1.94 bits per heavy atom. The third kappa shape index (κ3) is 3.87. The number of nitrogens with zero attached hydrogens (tertiary/aromatic N) is 3. The summed E-state index contributed by atoms with van der Waals surface area (Å²) >= 11 is 0. The number of benzene rings is 1. The Morgan fingerprint density at radius 1 is 1.18 bits per heavy atom. The molecule has 34 heavy (non-hydrogen) atoms. The summed E-state index contributed by atoms with van der Waals surface area (Å²) in [6.45, 7) is 3.81. The molecule has 1 N–H and O–H groups in total. The average Bonchev–Trinajstić information content (AvgIpc) is 3.32. The lowest BCUT2D eigenvalue weighted by Crippen LogP contribution is -2.31. The van der Waals surface area contributed by atoms with Gasteiger partial charge in [-0.2, -0.15) is 0 Å². The molecule has 0 amide bonds. The summed E-state index contributed by atoms with van der Waals surface area (Å²) in [4.78, 5) is 15.9. The van der Waals surface area contributed by atoms with Gasteiger partial charge in [0.25, 0.3) is 0 Å². The molecule has 3 aromatic heterocycles. The molecule has 0 unspecified atom stereocenters. The van der Waals surface area contributed by atoms with Gasteiger partial charge in [0.15, 0.2) is 0 Å². The predicted molar refractivity (Wildman–Crippen MR) is 124 cm³/mol. The van der Waals surface area contributed by atoms with Crippen LogP contribution in [0.3, 0.4) is 0 Å². The molecule has 6 nitrogen and oxygen atoms in total. The van der Waals surface area contributed by atoms with Crippen LogP contribution >= 0.6 is 0 Å². The fraction of sp³-hybridized carbons (Fsp3) is 0.346. The van der Waals surface area contributed by atoms with Crippen LogP contribution in [0, 0.1) is 19.7 Å². The van der Waals surface area contributed by atoms with Crippen molar-refractivity contribution in [1.29, 1.82) is 0 Å². The van der Waals surface area contributed by atoms with E-state index in [1.807, 2.05) is 24.5 Å². The van der Waals surface area contributed by atoms with Gasteiger partial charge >= 0.3 is 5.97 Å². The summed E-state index contributed by atoms with van der Waals surface area (Å²) in [6, 6.07) is 5.71. The zero-order chi connectivity index (χ0) is 24.0. The van der Waals surface area contributed by atoms with E-state index in [1.54, 1.807) is 12.4 Å². The Bertz CT molecular complexity index is 1380. The molecule has 4 aromatic rings.